The molecular formula is C23H27N7O3S. The van der Waals surface area contributed by atoms with Gasteiger partial charge in [0, 0.05) is 49.2 Å². The van der Waals surface area contributed by atoms with Gasteiger partial charge in [0.05, 0.1) is 4.90 Å². The molecular weight excluding hydrogens is 454 g/mol. The molecule has 1 aromatic heterocycles. The molecule has 10 nitrogen and oxygen atoms in total. The predicted molar refractivity (Wildman–Crippen MR) is 131 cm³/mol. The van der Waals surface area contributed by atoms with Gasteiger partial charge in [0.2, 0.25) is 10.0 Å². The van der Waals surface area contributed by atoms with Gasteiger partial charge in [-0.25, -0.2) is 23.1 Å². The maximum atomic E-state index is 12.7. The molecule has 0 radical (unpaired) electrons. The molecule has 1 saturated heterocycles. The number of piperazine rings is 1. The molecule has 11 heteroatoms. The van der Waals surface area contributed by atoms with Crippen LogP contribution in [-0.2, 0) is 10.0 Å². The minimum absolute atomic E-state index is 0.0377. The lowest BCUT2D eigenvalue weighted by atomic mass is 10.1. The number of nitrogens with zero attached hydrogens (tertiary/aromatic N) is 4. The van der Waals surface area contributed by atoms with Crippen molar-refractivity contribution >= 4 is 38.9 Å². The molecule has 3 aromatic rings. The Hall–Kier alpha value is -3.54. The number of carbonyl (C=O) groups excluding carboxylic acids is 1. The van der Waals surface area contributed by atoms with Crippen LogP contribution in [0.5, 0.6) is 0 Å². The van der Waals surface area contributed by atoms with Crippen LogP contribution < -0.4 is 15.4 Å². The first-order valence-corrected chi connectivity index (χ1v) is 12.3. The summed E-state index contributed by atoms with van der Waals surface area (Å²) in [4.78, 5) is 25.4. The highest BCUT2D eigenvalue weighted by Crippen LogP contribution is 2.22. The van der Waals surface area contributed by atoms with Gasteiger partial charge in [0.25, 0.3) is 5.91 Å². The lowest BCUT2D eigenvalue weighted by Gasteiger charge is -2.32. The summed E-state index contributed by atoms with van der Waals surface area (Å²) in [5, 5.41) is 6.29. The van der Waals surface area contributed by atoms with Gasteiger partial charge in [-0.3, -0.25) is 4.79 Å². The molecule has 2 heterocycles. The second-order valence-electron chi connectivity index (χ2n) is 7.95. The van der Waals surface area contributed by atoms with Crippen LogP contribution in [0, 0.1) is 0 Å². The summed E-state index contributed by atoms with van der Waals surface area (Å²) in [5.41, 5.74) is 2.01. The Balaban J connectivity index is 1.42. The number of amides is 1. The van der Waals surface area contributed by atoms with Crippen molar-refractivity contribution in [2.75, 3.05) is 50.9 Å². The van der Waals surface area contributed by atoms with E-state index in [1.807, 2.05) is 17.0 Å². The highest BCUT2D eigenvalue weighted by Gasteiger charge is 2.20. The SMILES string of the molecule is CNS(=O)(=O)c1cccc(Nc2cc(Nc3ccc(C(=O)N4CCN(C)CC4)cc3)ncn2)c1. The van der Waals surface area contributed by atoms with E-state index in [1.165, 1.54) is 25.5 Å². The van der Waals surface area contributed by atoms with Crippen molar-refractivity contribution in [2.24, 2.45) is 0 Å². The number of aromatic nitrogens is 2. The second kappa shape index (κ2) is 10.2. The fourth-order valence-electron chi connectivity index (χ4n) is 3.54. The zero-order valence-electron chi connectivity index (χ0n) is 19.0. The van der Waals surface area contributed by atoms with Crippen molar-refractivity contribution in [3.63, 3.8) is 0 Å². The topological polar surface area (TPSA) is 120 Å². The minimum atomic E-state index is -3.55. The number of hydrogen-bond donors (Lipinski definition) is 3. The third-order valence-corrected chi connectivity index (χ3v) is 6.96. The molecule has 0 bridgehead atoms. The Kier molecular flexibility index (Phi) is 7.06. The summed E-state index contributed by atoms with van der Waals surface area (Å²) in [6.07, 6.45) is 1.41. The fraction of sp³-hybridized carbons (Fsp3) is 0.261. The van der Waals surface area contributed by atoms with Gasteiger partial charge in [-0.2, -0.15) is 0 Å². The summed E-state index contributed by atoms with van der Waals surface area (Å²) in [6, 6.07) is 15.4. The molecule has 0 saturated carbocycles. The molecule has 3 N–H and O–H groups in total. The van der Waals surface area contributed by atoms with Crippen LogP contribution in [0.3, 0.4) is 0 Å². The van der Waals surface area contributed by atoms with Crippen LogP contribution in [0.25, 0.3) is 0 Å². The number of likely N-dealkylation sites (N-methyl/N-ethyl adjacent to an activating group) is 1. The number of anilines is 4. The third-order valence-electron chi connectivity index (χ3n) is 5.55. The minimum Gasteiger partial charge on any atom is -0.340 e. The number of sulfonamides is 1. The van der Waals surface area contributed by atoms with E-state index in [0.29, 0.717) is 22.9 Å². The molecule has 1 aliphatic heterocycles. The molecule has 4 rings (SSSR count). The summed E-state index contributed by atoms with van der Waals surface area (Å²) >= 11 is 0. The van der Waals surface area contributed by atoms with Crippen LogP contribution in [0.4, 0.5) is 23.0 Å². The largest absolute Gasteiger partial charge is 0.340 e. The van der Waals surface area contributed by atoms with Gasteiger partial charge in [-0.1, -0.05) is 6.07 Å². The molecule has 2 aromatic carbocycles. The van der Waals surface area contributed by atoms with Gasteiger partial charge in [0.1, 0.15) is 18.0 Å². The lowest BCUT2D eigenvalue weighted by Crippen LogP contribution is -2.47. The number of benzene rings is 2. The zero-order valence-corrected chi connectivity index (χ0v) is 19.8. The Labute approximate surface area is 199 Å². The van der Waals surface area contributed by atoms with Gasteiger partial charge < -0.3 is 20.4 Å². The third kappa shape index (κ3) is 5.68. The van der Waals surface area contributed by atoms with E-state index in [4.69, 9.17) is 0 Å². The van der Waals surface area contributed by atoms with E-state index in [2.05, 4.69) is 37.3 Å². The molecule has 0 unspecified atom stereocenters. The maximum absolute atomic E-state index is 12.7. The van der Waals surface area contributed by atoms with E-state index >= 15 is 0 Å². The van der Waals surface area contributed by atoms with Crippen molar-refractivity contribution in [1.29, 1.82) is 0 Å². The Morgan fingerprint density at radius 3 is 2.18 bits per heavy atom. The van der Waals surface area contributed by atoms with Crippen molar-refractivity contribution in [3.05, 3.63) is 66.5 Å². The molecule has 178 valence electrons. The summed E-state index contributed by atoms with van der Waals surface area (Å²) in [7, 11) is -0.121. The van der Waals surface area contributed by atoms with E-state index < -0.39 is 10.0 Å². The second-order valence-corrected chi connectivity index (χ2v) is 9.83. The molecule has 1 aliphatic rings. The van der Waals surface area contributed by atoms with Gasteiger partial charge in [-0.05, 0) is 56.6 Å². The van der Waals surface area contributed by atoms with Crippen molar-refractivity contribution in [2.45, 2.75) is 4.90 Å². The Morgan fingerprint density at radius 1 is 0.882 bits per heavy atom. The molecule has 0 spiro atoms. The van der Waals surface area contributed by atoms with Gasteiger partial charge >= 0.3 is 0 Å². The molecule has 34 heavy (non-hydrogen) atoms. The first kappa shape index (κ1) is 23.6. The van der Waals surface area contributed by atoms with Crippen LogP contribution in [0.2, 0.25) is 0 Å². The molecule has 0 aliphatic carbocycles. The first-order valence-electron chi connectivity index (χ1n) is 10.8. The highest BCUT2D eigenvalue weighted by molar-refractivity contribution is 7.89. The van der Waals surface area contributed by atoms with Crippen molar-refractivity contribution in [3.8, 4) is 0 Å². The van der Waals surface area contributed by atoms with E-state index in [9.17, 15) is 13.2 Å². The van der Waals surface area contributed by atoms with Crippen LogP contribution in [0.15, 0.2) is 65.8 Å². The Bertz CT molecular complexity index is 1260. The predicted octanol–water partition coefficient (Wildman–Crippen LogP) is 2.26. The smallest absolute Gasteiger partial charge is 0.253 e. The van der Waals surface area contributed by atoms with E-state index in [-0.39, 0.29) is 10.8 Å². The first-order chi connectivity index (χ1) is 16.3. The van der Waals surface area contributed by atoms with Crippen molar-refractivity contribution < 1.29 is 13.2 Å². The quantitative estimate of drug-likeness (QED) is 0.470. The Morgan fingerprint density at radius 2 is 1.53 bits per heavy atom. The van der Waals surface area contributed by atoms with Crippen LogP contribution in [0.1, 0.15) is 10.4 Å². The summed E-state index contributed by atoms with van der Waals surface area (Å²) < 4.78 is 26.4. The average molecular weight is 482 g/mol. The van der Waals surface area contributed by atoms with Crippen LogP contribution in [-0.4, -0.2) is 74.4 Å². The lowest BCUT2D eigenvalue weighted by molar-refractivity contribution is 0.0664. The molecule has 1 amide bonds. The van der Waals surface area contributed by atoms with E-state index in [0.717, 1.165) is 31.9 Å². The average Bonchev–Trinajstić information content (AvgIpc) is 2.85. The summed E-state index contributed by atoms with van der Waals surface area (Å²) in [5.74, 6) is 1.09. The van der Waals surface area contributed by atoms with E-state index in [1.54, 1.807) is 30.3 Å². The number of hydrogen-bond acceptors (Lipinski definition) is 8. The monoisotopic (exact) mass is 481 g/mol. The highest BCUT2D eigenvalue weighted by atomic mass is 32.2. The maximum Gasteiger partial charge on any atom is 0.253 e. The van der Waals surface area contributed by atoms with Crippen LogP contribution >= 0.6 is 0 Å². The standard InChI is InChI=1S/C23H27N7O3S/c1-24-34(32,33)20-5-3-4-19(14-20)28-22-15-21(25-16-26-22)27-18-8-6-17(7-9-18)23(31)30-12-10-29(2)11-13-30/h3-9,14-16,24H,10-13H2,1-2H3,(H2,25,26,27,28). The summed E-state index contributed by atoms with van der Waals surface area (Å²) in [6.45, 7) is 3.22. The normalized spacial score (nSPS) is 14.6. The number of nitrogens with one attached hydrogen (secondary N) is 3. The molecule has 0 atom stereocenters. The van der Waals surface area contributed by atoms with Crippen molar-refractivity contribution in [1.82, 2.24) is 24.5 Å². The zero-order chi connectivity index (χ0) is 24.1. The molecule has 1 fully saturated rings. The number of carbonyl (C=O) groups is 1. The fourth-order valence-corrected chi connectivity index (χ4v) is 4.31. The van der Waals surface area contributed by atoms with Gasteiger partial charge in [0.15, 0.2) is 0 Å². The van der Waals surface area contributed by atoms with Gasteiger partial charge in [-0.15, -0.1) is 0 Å². The number of rotatable bonds is 7.